The molecule has 6 rings (SSSR count). The second-order valence-electron chi connectivity index (χ2n) is 11.6. The van der Waals surface area contributed by atoms with E-state index in [0.29, 0.717) is 7.35 Å². The quantitative estimate of drug-likeness (QED) is 0.159. The number of hydrogen-bond acceptors (Lipinski definition) is 0. The maximum absolute atomic E-state index is 3.92. The van der Waals surface area contributed by atoms with Gasteiger partial charge in [0.25, 0.3) is 0 Å². The van der Waals surface area contributed by atoms with E-state index in [9.17, 15) is 0 Å². The number of fused-ring (bicyclic) bond motifs is 6. The van der Waals surface area contributed by atoms with E-state index in [1.54, 1.807) is 22.3 Å². The number of rotatable bonds is 8. The molecule has 0 aromatic heterocycles. The summed E-state index contributed by atoms with van der Waals surface area (Å²) in [6.07, 6.45) is 5.26. The SMILES string of the molecule is CCC[CH2][Hf](=[SiH2])([CH2]CCC)([CH]1c2ccccc2-c2ccccc21)[CH]1c2ccccc2-c2ccccc21.Cl.Cl. The van der Waals surface area contributed by atoms with Crippen LogP contribution in [0.2, 0.25) is 8.35 Å². The van der Waals surface area contributed by atoms with Crippen molar-refractivity contribution < 1.29 is 17.1 Å². The Balaban J connectivity index is 0.00000168. The number of hydrogen-bond donors (Lipinski definition) is 0. The molecule has 0 heterocycles. The van der Waals surface area contributed by atoms with E-state index >= 15 is 0 Å². The fourth-order valence-electron chi connectivity index (χ4n) is 8.12. The molecule has 0 nitrogen and oxygen atoms in total. The van der Waals surface area contributed by atoms with Crippen LogP contribution < -0.4 is 0 Å². The van der Waals surface area contributed by atoms with Crippen LogP contribution in [-0.2, 0) is 17.1 Å². The van der Waals surface area contributed by atoms with Crippen molar-refractivity contribution in [2.75, 3.05) is 0 Å². The van der Waals surface area contributed by atoms with Gasteiger partial charge in [-0.25, -0.2) is 0 Å². The van der Waals surface area contributed by atoms with Gasteiger partial charge in [0, 0.05) is 0 Å². The summed E-state index contributed by atoms with van der Waals surface area (Å²) in [6, 6.07) is 37.8. The molecule has 0 saturated carbocycles. The Morgan fingerprint density at radius 2 is 0.763 bits per heavy atom. The molecule has 0 N–H and O–H groups in total. The van der Waals surface area contributed by atoms with Crippen LogP contribution in [0.4, 0.5) is 0 Å². The molecule has 2 aliphatic carbocycles. The van der Waals surface area contributed by atoms with Crippen molar-refractivity contribution in [2.45, 2.75) is 55.2 Å². The standard InChI is InChI=1S/2C13H9.2C4H9.2ClH.Hf.H2Si/c2*1-3-7-12-10(5-1)9-11-6-2-4-8-13(11)12;2*1-3-4-2;;;;/h2*1-9H;2*1,3-4H2,2H3;2*1H;;1H2. The molecule has 4 aromatic rings. The average Bonchev–Trinajstić information content (AvgIpc) is 3.46. The molecular weight excluding hydrogens is 686 g/mol. The molecule has 0 saturated heterocycles. The molecule has 0 atom stereocenters. The minimum absolute atomic E-state index is 0. The number of halogens is 2. The summed E-state index contributed by atoms with van der Waals surface area (Å²) < 4.78 is 4.09. The molecule has 0 fully saturated rings. The van der Waals surface area contributed by atoms with Crippen LogP contribution in [0.1, 0.15) is 69.1 Å². The largest absolute Gasteiger partial charge is 0.147 e. The van der Waals surface area contributed by atoms with E-state index in [1.807, 2.05) is 0 Å². The van der Waals surface area contributed by atoms with E-state index in [2.05, 4.69) is 118 Å². The smallest absolute Gasteiger partial charge is 0.147 e. The Hall–Kier alpha value is -1.45. The third-order valence-electron chi connectivity index (χ3n) is 9.57. The summed E-state index contributed by atoms with van der Waals surface area (Å²) in [6.45, 7) is 7.41. The van der Waals surface area contributed by atoms with Gasteiger partial charge in [-0.15, -0.1) is 24.8 Å². The van der Waals surface area contributed by atoms with Crippen molar-refractivity contribution in [3.8, 4) is 22.3 Å². The van der Waals surface area contributed by atoms with Gasteiger partial charge in [-0.1, -0.05) is 0 Å². The van der Waals surface area contributed by atoms with Gasteiger partial charge < -0.3 is 0 Å². The molecule has 0 aliphatic heterocycles. The van der Waals surface area contributed by atoms with E-state index in [0.717, 1.165) is 0 Å². The van der Waals surface area contributed by atoms with E-state index in [-0.39, 0.29) is 24.8 Å². The zero-order chi connectivity index (χ0) is 24.8. The van der Waals surface area contributed by atoms with Gasteiger partial charge in [0.05, 0.1) is 0 Å². The summed E-state index contributed by atoms with van der Waals surface area (Å²) in [7, 11) is 0. The van der Waals surface area contributed by atoms with Gasteiger partial charge in [-0.2, -0.15) is 0 Å². The summed E-state index contributed by atoms with van der Waals surface area (Å²) in [5.74, 6) is 0. The molecule has 38 heavy (non-hydrogen) atoms. The van der Waals surface area contributed by atoms with Crippen LogP contribution in [-0.4, -0.2) is 6.94 Å². The van der Waals surface area contributed by atoms with Gasteiger partial charge in [0.2, 0.25) is 0 Å². The van der Waals surface area contributed by atoms with Crippen LogP contribution >= 0.6 is 24.8 Å². The minimum atomic E-state index is -3.92. The van der Waals surface area contributed by atoms with Crippen molar-refractivity contribution in [1.29, 1.82) is 0 Å². The van der Waals surface area contributed by atoms with Crippen molar-refractivity contribution in [3.05, 3.63) is 119 Å². The molecule has 0 unspecified atom stereocenters. The first-order valence-electron chi connectivity index (χ1n) is 14.0. The van der Waals surface area contributed by atoms with Crippen molar-refractivity contribution in [3.63, 3.8) is 0 Å². The molecular formula is C34H40Cl2HfSi. The average molecular weight is 726 g/mol. The Kier molecular flexibility index (Phi) is 8.99. The van der Waals surface area contributed by atoms with E-state index in [4.69, 9.17) is 0 Å². The van der Waals surface area contributed by atoms with Crippen molar-refractivity contribution >= 4 is 31.8 Å². The third kappa shape index (κ3) is 4.35. The first-order valence-corrected chi connectivity index (χ1v) is 31.6. The van der Waals surface area contributed by atoms with Crippen LogP contribution in [0.3, 0.4) is 0 Å². The Bertz CT molecular complexity index is 1300. The molecule has 0 radical (unpaired) electrons. The van der Waals surface area contributed by atoms with E-state index < -0.39 is 17.1 Å². The maximum atomic E-state index is 2.61. The molecule has 198 valence electrons. The third-order valence-corrected chi connectivity index (χ3v) is 49.5. The molecule has 0 bridgehead atoms. The Morgan fingerprint density at radius 1 is 0.500 bits per heavy atom. The van der Waals surface area contributed by atoms with Gasteiger partial charge in [0.15, 0.2) is 0 Å². The van der Waals surface area contributed by atoms with Crippen molar-refractivity contribution in [1.82, 2.24) is 0 Å². The fourth-order valence-corrected chi connectivity index (χ4v) is 50.4. The summed E-state index contributed by atoms with van der Waals surface area (Å²) in [4.78, 5) is 0. The molecule has 0 amide bonds. The molecule has 2 aliphatic rings. The molecule has 0 spiro atoms. The normalized spacial score (nSPS) is 14.1. The minimum Gasteiger partial charge on any atom is -0.147 e. The van der Waals surface area contributed by atoms with Gasteiger partial charge >= 0.3 is 221 Å². The second kappa shape index (κ2) is 11.6. The second-order valence-corrected chi connectivity index (χ2v) is 49.6. The molecule has 4 aromatic carbocycles. The van der Waals surface area contributed by atoms with Crippen LogP contribution in [0.15, 0.2) is 97.1 Å². The summed E-state index contributed by atoms with van der Waals surface area (Å²) in [5, 5.41) is 0. The van der Waals surface area contributed by atoms with Gasteiger partial charge in [0.1, 0.15) is 0 Å². The first kappa shape index (κ1) is 29.5. The Morgan fingerprint density at radius 3 is 1.03 bits per heavy atom. The van der Waals surface area contributed by atoms with Crippen LogP contribution in [0, 0.1) is 0 Å². The topological polar surface area (TPSA) is 0 Å². The van der Waals surface area contributed by atoms with E-state index in [1.165, 1.54) is 56.3 Å². The number of benzene rings is 4. The monoisotopic (exact) mass is 726 g/mol. The zero-order valence-electron chi connectivity index (χ0n) is 22.7. The maximum Gasteiger partial charge on any atom is -0.147 e. The van der Waals surface area contributed by atoms with Crippen molar-refractivity contribution in [2.24, 2.45) is 0 Å². The number of unbranched alkanes of at least 4 members (excludes halogenated alkanes) is 2. The van der Waals surface area contributed by atoms with Gasteiger partial charge in [-0.3, -0.25) is 0 Å². The zero-order valence-corrected chi connectivity index (χ0v) is 29.3. The van der Waals surface area contributed by atoms with Crippen LogP contribution in [0.25, 0.3) is 22.3 Å². The predicted molar refractivity (Wildman–Crippen MR) is 170 cm³/mol. The molecule has 4 heteroatoms. The van der Waals surface area contributed by atoms with Gasteiger partial charge in [-0.05, 0) is 0 Å². The van der Waals surface area contributed by atoms with Crippen LogP contribution in [0.5, 0.6) is 0 Å². The fraction of sp³-hybridized carbons (Fsp3) is 0.294. The summed E-state index contributed by atoms with van der Waals surface area (Å²) >= 11 is -3.92. The Labute approximate surface area is 244 Å². The predicted octanol–water partition coefficient (Wildman–Crippen LogP) is 10.0. The first-order chi connectivity index (χ1) is 17.6. The summed E-state index contributed by atoms with van der Waals surface area (Å²) in [5.41, 5.74) is 12.5.